The molecule has 0 spiro atoms. The van der Waals surface area contributed by atoms with Gasteiger partial charge in [0, 0.05) is 30.9 Å². The molecule has 1 aliphatic rings. The fraction of sp³-hybridized carbons (Fsp3) is 0.381. The smallest absolute Gasteiger partial charge is 0.308 e. The van der Waals surface area contributed by atoms with E-state index in [4.69, 9.17) is 0 Å². The van der Waals surface area contributed by atoms with Gasteiger partial charge in [-0.25, -0.2) is 8.42 Å². The number of carbonyl (C=O) groups excluding carboxylic acids is 1. The molecule has 2 aromatic rings. The molecule has 0 aromatic heterocycles. The first kappa shape index (κ1) is 22.3. The van der Waals surface area contributed by atoms with Crippen LogP contribution >= 0.6 is 0 Å². The number of benzene rings is 2. The summed E-state index contributed by atoms with van der Waals surface area (Å²) in [5.74, 6) is -0.540. The number of halogens is 3. The molecule has 0 fully saturated rings. The van der Waals surface area contributed by atoms with Gasteiger partial charge in [0.05, 0.1) is 10.5 Å². The van der Waals surface area contributed by atoms with Gasteiger partial charge < -0.3 is 4.90 Å². The van der Waals surface area contributed by atoms with Crippen molar-refractivity contribution in [3.63, 3.8) is 0 Å². The van der Waals surface area contributed by atoms with Crippen molar-refractivity contribution in [2.24, 2.45) is 0 Å². The molecule has 0 N–H and O–H groups in total. The van der Waals surface area contributed by atoms with Crippen LogP contribution in [0.3, 0.4) is 0 Å². The molecule has 2 aromatic carbocycles. The first-order chi connectivity index (χ1) is 14.1. The van der Waals surface area contributed by atoms with Gasteiger partial charge in [-0.2, -0.15) is 17.5 Å². The lowest BCUT2D eigenvalue weighted by molar-refractivity contribution is -0.137. The van der Waals surface area contributed by atoms with Gasteiger partial charge >= 0.3 is 6.18 Å². The number of amides is 1. The second-order valence-electron chi connectivity index (χ2n) is 7.02. The number of alkyl halides is 3. The minimum absolute atomic E-state index is 0.0579. The molecular weight excluding hydrogens is 417 g/mol. The zero-order valence-corrected chi connectivity index (χ0v) is 17.6. The lowest BCUT2D eigenvalue weighted by Gasteiger charge is -2.30. The van der Waals surface area contributed by atoms with Crippen LogP contribution in [-0.2, 0) is 22.6 Å². The molecule has 30 heavy (non-hydrogen) atoms. The number of sulfonamides is 1. The summed E-state index contributed by atoms with van der Waals surface area (Å²) >= 11 is 0. The third kappa shape index (κ3) is 4.22. The van der Waals surface area contributed by atoms with Crippen molar-refractivity contribution in [1.82, 2.24) is 4.31 Å². The van der Waals surface area contributed by atoms with Gasteiger partial charge in [0.15, 0.2) is 0 Å². The number of fused-ring (bicyclic) bond motifs is 1. The fourth-order valence-electron chi connectivity index (χ4n) is 3.64. The molecule has 1 amide bonds. The Morgan fingerprint density at radius 1 is 1.10 bits per heavy atom. The maximum Gasteiger partial charge on any atom is 0.416 e. The van der Waals surface area contributed by atoms with Gasteiger partial charge in [-0.1, -0.05) is 19.9 Å². The van der Waals surface area contributed by atoms with E-state index in [2.05, 4.69) is 0 Å². The number of carbonyl (C=O) groups is 1. The van der Waals surface area contributed by atoms with Crippen molar-refractivity contribution in [3.05, 3.63) is 59.2 Å². The first-order valence-corrected chi connectivity index (χ1v) is 11.2. The van der Waals surface area contributed by atoms with Crippen LogP contribution in [0.1, 0.15) is 41.8 Å². The summed E-state index contributed by atoms with van der Waals surface area (Å²) in [5.41, 5.74) is 0.278. The van der Waals surface area contributed by atoms with E-state index in [1.54, 1.807) is 26.0 Å². The highest BCUT2D eigenvalue weighted by Gasteiger charge is 2.32. The Labute approximate surface area is 174 Å². The predicted molar refractivity (Wildman–Crippen MR) is 108 cm³/mol. The summed E-state index contributed by atoms with van der Waals surface area (Å²) in [4.78, 5) is 14.5. The number of hydrogen-bond acceptors (Lipinski definition) is 3. The molecule has 1 aliphatic heterocycles. The minimum Gasteiger partial charge on any atom is -0.308 e. The summed E-state index contributed by atoms with van der Waals surface area (Å²) in [7, 11) is -3.64. The van der Waals surface area contributed by atoms with E-state index in [0.29, 0.717) is 43.7 Å². The van der Waals surface area contributed by atoms with Gasteiger partial charge in [0.25, 0.3) is 5.91 Å². The zero-order valence-electron chi connectivity index (χ0n) is 16.7. The molecule has 0 aliphatic carbocycles. The van der Waals surface area contributed by atoms with Crippen molar-refractivity contribution in [3.8, 4) is 0 Å². The van der Waals surface area contributed by atoms with Crippen LogP contribution < -0.4 is 4.90 Å². The van der Waals surface area contributed by atoms with Gasteiger partial charge in [-0.3, -0.25) is 4.79 Å². The summed E-state index contributed by atoms with van der Waals surface area (Å²) in [6.45, 7) is 4.56. The quantitative estimate of drug-likeness (QED) is 0.696. The van der Waals surface area contributed by atoms with Crippen LogP contribution in [0.4, 0.5) is 18.9 Å². The maximum atomic E-state index is 13.0. The van der Waals surface area contributed by atoms with E-state index in [1.165, 1.54) is 27.4 Å². The first-order valence-electron chi connectivity index (χ1n) is 9.71. The minimum atomic E-state index is -4.54. The summed E-state index contributed by atoms with van der Waals surface area (Å²) in [5, 5.41) is 0. The third-order valence-corrected chi connectivity index (χ3v) is 7.24. The molecule has 0 saturated heterocycles. The number of hydrogen-bond donors (Lipinski definition) is 0. The largest absolute Gasteiger partial charge is 0.416 e. The van der Waals surface area contributed by atoms with Crippen LogP contribution in [0.25, 0.3) is 0 Å². The zero-order chi connectivity index (χ0) is 22.1. The van der Waals surface area contributed by atoms with Crippen molar-refractivity contribution in [2.75, 3.05) is 24.5 Å². The lowest BCUT2D eigenvalue weighted by atomic mass is 10.0. The van der Waals surface area contributed by atoms with Crippen molar-refractivity contribution < 1.29 is 26.4 Å². The van der Waals surface area contributed by atoms with Crippen molar-refractivity contribution in [1.29, 1.82) is 0 Å². The summed E-state index contributed by atoms with van der Waals surface area (Å²) < 4.78 is 65.9. The second kappa shape index (κ2) is 8.39. The molecule has 0 atom stereocenters. The van der Waals surface area contributed by atoms with E-state index in [-0.39, 0.29) is 10.5 Å². The third-order valence-electron chi connectivity index (χ3n) is 5.19. The van der Waals surface area contributed by atoms with Gasteiger partial charge in [-0.05, 0) is 54.8 Å². The Balaban J connectivity index is 1.96. The van der Waals surface area contributed by atoms with Crippen LogP contribution in [0, 0.1) is 0 Å². The molecule has 1 heterocycles. The van der Waals surface area contributed by atoms with E-state index in [9.17, 15) is 26.4 Å². The van der Waals surface area contributed by atoms with E-state index in [0.717, 1.165) is 12.1 Å². The highest BCUT2D eigenvalue weighted by atomic mass is 32.2. The van der Waals surface area contributed by atoms with Crippen LogP contribution in [0.15, 0.2) is 47.4 Å². The fourth-order valence-corrected chi connectivity index (χ4v) is 5.15. The summed E-state index contributed by atoms with van der Waals surface area (Å²) in [6.07, 6.45) is -3.36. The predicted octanol–water partition coefficient (Wildman–Crippen LogP) is 4.33. The van der Waals surface area contributed by atoms with Crippen molar-refractivity contribution >= 4 is 21.6 Å². The van der Waals surface area contributed by atoms with E-state index >= 15 is 0 Å². The average molecular weight is 440 g/mol. The van der Waals surface area contributed by atoms with Crippen LogP contribution in [0.5, 0.6) is 0 Å². The van der Waals surface area contributed by atoms with Crippen LogP contribution in [0.2, 0.25) is 0 Å². The Kier molecular flexibility index (Phi) is 6.24. The van der Waals surface area contributed by atoms with Crippen molar-refractivity contribution in [2.45, 2.75) is 37.8 Å². The van der Waals surface area contributed by atoms with E-state index < -0.39 is 27.7 Å². The molecule has 0 unspecified atom stereocenters. The number of anilines is 1. The Morgan fingerprint density at radius 3 is 2.43 bits per heavy atom. The molecule has 5 nitrogen and oxygen atoms in total. The number of nitrogens with zero attached hydrogens (tertiary/aromatic N) is 2. The normalized spacial score (nSPS) is 14.7. The molecule has 0 saturated carbocycles. The molecular formula is C21H23F3N2O3S. The molecule has 3 rings (SSSR count). The number of rotatable bonds is 5. The van der Waals surface area contributed by atoms with Crippen LogP contribution in [-0.4, -0.2) is 38.3 Å². The molecule has 162 valence electrons. The standard InChI is InChI=1S/C21H23F3N2O3S/c1-3-25(4-2)30(28,29)18-10-11-19-15(14-18)8-6-12-26(19)20(27)16-7-5-9-17(13-16)21(22,23)24/h5,7,9-11,13-14H,3-4,6,8,12H2,1-2H3. The monoisotopic (exact) mass is 440 g/mol. The molecule has 0 bridgehead atoms. The summed E-state index contributed by atoms with van der Waals surface area (Å²) in [6, 6.07) is 8.90. The maximum absolute atomic E-state index is 13.0. The van der Waals surface area contributed by atoms with Gasteiger partial charge in [0.2, 0.25) is 10.0 Å². The highest BCUT2D eigenvalue weighted by Crippen LogP contribution is 2.33. The SMILES string of the molecule is CCN(CC)S(=O)(=O)c1ccc2c(c1)CCCN2C(=O)c1cccc(C(F)(F)F)c1. The highest BCUT2D eigenvalue weighted by molar-refractivity contribution is 7.89. The second-order valence-corrected chi connectivity index (χ2v) is 8.96. The number of aryl methyl sites for hydroxylation is 1. The Morgan fingerprint density at radius 2 is 1.80 bits per heavy atom. The Hall–Kier alpha value is -2.39. The molecule has 9 heteroatoms. The average Bonchev–Trinajstić information content (AvgIpc) is 2.72. The Bertz CT molecular complexity index is 1050. The van der Waals surface area contributed by atoms with Gasteiger partial charge in [-0.15, -0.1) is 0 Å². The van der Waals surface area contributed by atoms with E-state index in [1.807, 2.05) is 0 Å². The van der Waals surface area contributed by atoms with Gasteiger partial charge in [0.1, 0.15) is 0 Å². The lowest BCUT2D eigenvalue weighted by Crippen LogP contribution is -2.36. The molecule has 0 radical (unpaired) electrons. The topological polar surface area (TPSA) is 57.7 Å².